The van der Waals surface area contributed by atoms with Crippen LogP contribution in [0.1, 0.15) is 37.8 Å². The third-order valence-electron chi connectivity index (χ3n) is 4.20. The molecule has 2 rings (SSSR count). The highest BCUT2D eigenvalue weighted by molar-refractivity contribution is 5.40. The van der Waals surface area contributed by atoms with Gasteiger partial charge in [0.15, 0.2) is 0 Å². The van der Waals surface area contributed by atoms with Crippen LogP contribution >= 0.6 is 0 Å². The summed E-state index contributed by atoms with van der Waals surface area (Å²) in [6.07, 6.45) is 1.87. The fourth-order valence-electron chi connectivity index (χ4n) is 2.84. The zero-order valence-electron chi connectivity index (χ0n) is 13.0. The van der Waals surface area contributed by atoms with Crippen LogP contribution in [-0.2, 0) is 5.41 Å². The van der Waals surface area contributed by atoms with E-state index in [2.05, 4.69) is 62.4 Å². The van der Waals surface area contributed by atoms with E-state index < -0.39 is 0 Å². The first-order chi connectivity index (χ1) is 9.98. The van der Waals surface area contributed by atoms with Gasteiger partial charge in [0.25, 0.3) is 0 Å². The molecular weight excluding hydrogens is 256 g/mol. The average molecular weight is 282 g/mol. The normalized spacial score (nSPS) is 12.4. The standard InChI is InChI=1S/C19H26N2/c1-18(2,21)13-14-19(15-20,16-9-5-3-6-10-16)17-11-7-4-8-12-17/h3-12H,13-15,20-21H2,1-2H3. The summed E-state index contributed by atoms with van der Waals surface area (Å²) in [5.74, 6) is 0. The fraction of sp³-hybridized carbons (Fsp3) is 0.368. The Morgan fingerprint density at radius 2 is 1.19 bits per heavy atom. The summed E-state index contributed by atoms with van der Waals surface area (Å²) < 4.78 is 0. The topological polar surface area (TPSA) is 52.0 Å². The molecule has 0 radical (unpaired) electrons. The zero-order valence-corrected chi connectivity index (χ0v) is 13.0. The molecule has 2 heteroatoms. The van der Waals surface area contributed by atoms with E-state index in [0.717, 1.165) is 12.8 Å². The van der Waals surface area contributed by atoms with Crippen LogP contribution in [0.25, 0.3) is 0 Å². The van der Waals surface area contributed by atoms with E-state index in [-0.39, 0.29) is 11.0 Å². The van der Waals surface area contributed by atoms with Gasteiger partial charge in [-0.1, -0.05) is 60.7 Å². The molecule has 0 aliphatic heterocycles. The van der Waals surface area contributed by atoms with E-state index in [1.807, 2.05) is 12.1 Å². The van der Waals surface area contributed by atoms with Crippen LogP contribution in [0.3, 0.4) is 0 Å². The lowest BCUT2D eigenvalue weighted by molar-refractivity contribution is 0.380. The van der Waals surface area contributed by atoms with E-state index in [0.29, 0.717) is 6.54 Å². The molecule has 2 aromatic carbocycles. The van der Waals surface area contributed by atoms with Crippen LogP contribution in [0.15, 0.2) is 60.7 Å². The number of hydrogen-bond acceptors (Lipinski definition) is 2. The van der Waals surface area contributed by atoms with Crippen molar-refractivity contribution >= 4 is 0 Å². The molecule has 0 amide bonds. The minimum atomic E-state index is -0.190. The SMILES string of the molecule is CC(C)(N)CCC(CN)(c1ccccc1)c1ccccc1. The number of nitrogens with two attached hydrogens (primary N) is 2. The minimum Gasteiger partial charge on any atom is -0.329 e. The summed E-state index contributed by atoms with van der Waals surface area (Å²) in [4.78, 5) is 0. The lowest BCUT2D eigenvalue weighted by Crippen LogP contribution is -2.40. The van der Waals surface area contributed by atoms with Crippen molar-refractivity contribution < 1.29 is 0 Å². The Bertz CT molecular complexity index is 501. The second-order valence-corrected chi connectivity index (χ2v) is 6.51. The predicted molar refractivity (Wildman–Crippen MR) is 90.2 cm³/mol. The maximum atomic E-state index is 6.26. The molecule has 0 saturated carbocycles. The lowest BCUT2D eigenvalue weighted by atomic mass is 9.70. The molecule has 0 fully saturated rings. The summed E-state index contributed by atoms with van der Waals surface area (Å²) >= 11 is 0. The first kappa shape index (κ1) is 15.7. The van der Waals surface area contributed by atoms with Gasteiger partial charge in [-0.15, -0.1) is 0 Å². The Morgan fingerprint density at radius 3 is 1.52 bits per heavy atom. The Kier molecular flexibility index (Phi) is 4.81. The van der Waals surface area contributed by atoms with E-state index in [4.69, 9.17) is 11.5 Å². The molecule has 0 aliphatic carbocycles. The second-order valence-electron chi connectivity index (χ2n) is 6.51. The van der Waals surface area contributed by atoms with E-state index >= 15 is 0 Å². The Morgan fingerprint density at radius 1 is 0.762 bits per heavy atom. The van der Waals surface area contributed by atoms with Gasteiger partial charge in [-0.25, -0.2) is 0 Å². The van der Waals surface area contributed by atoms with E-state index in [1.54, 1.807) is 0 Å². The monoisotopic (exact) mass is 282 g/mol. The van der Waals surface area contributed by atoms with Gasteiger partial charge in [-0.05, 0) is 37.8 Å². The molecule has 4 N–H and O–H groups in total. The summed E-state index contributed by atoms with van der Waals surface area (Å²) in [5, 5.41) is 0. The van der Waals surface area contributed by atoms with Gasteiger partial charge < -0.3 is 11.5 Å². The molecule has 0 atom stereocenters. The smallest absolute Gasteiger partial charge is 0.0325 e. The summed E-state index contributed by atoms with van der Waals surface area (Å²) in [6, 6.07) is 21.1. The maximum absolute atomic E-state index is 6.26. The van der Waals surface area contributed by atoms with Gasteiger partial charge in [0.2, 0.25) is 0 Å². The number of benzene rings is 2. The van der Waals surface area contributed by atoms with Crippen LogP contribution in [0.4, 0.5) is 0 Å². The summed E-state index contributed by atoms with van der Waals surface area (Å²) in [7, 11) is 0. The van der Waals surface area contributed by atoms with Crippen molar-refractivity contribution in [3.63, 3.8) is 0 Å². The van der Waals surface area contributed by atoms with Crippen LogP contribution in [0, 0.1) is 0 Å². The van der Waals surface area contributed by atoms with E-state index in [1.165, 1.54) is 11.1 Å². The van der Waals surface area contributed by atoms with E-state index in [9.17, 15) is 0 Å². The summed E-state index contributed by atoms with van der Waals surface area (Å²) in [5.41, 5.74) is 14.6. The molecule has 0 unspecified atom stereocenters. The maximum Gasteiger partial charge on any atom is 0.0325 e. The molecule has 0 heterocycles. The van der Waals surface area contributed by atoms with Gasteiger partial charge in [-0.3, -0.25) is 0 Å². The molecule has 0 aliphatic rings. The molecular formula is C19H26N2. The van der Waals surface area contributed by atoms with Gasteiger partial charge in [-0.2, -0.15) is 0 Å². The first-order valence-corrected chi connectivity index (χ1v) is 7.58. The van der Waals surface area contributed by atoms with Crippen molar-refractivity contribution in [2.75, 3.05) is 6.54 Å². The molecule has 2 nitrogen and oxygen atoms in total. The molecule has 0 aromatic heterocycles. The highest BCUT2D eigenvalue weighted by Crippen LogP contribution is 2.37. The average Bonchev–Trinajstić information content (AvgIpc) is 2.49. The molecule has 112 valence electrons. The van der Waals surface area contributed by atoms with Gasteiger partial charge in [0.05, 0.1) is 0 Å². The van der Waals surface area contributed by atoms with Crippen molar-refractivity contribution in [1.82, 2.24) is 0 Å². The minimum absolute atomic E-state index is 0.168. The zero-order chi connectivity index (χ0) is 15.3. The van der Waals surface area contributed by atoms with Crippen LogP contribution in [0.2, 0.25) is 0 Å². The lowest BCUT2D eigenvalue weighted by Gasteiger charge is -2.36. The molecule has 0 saturated heterocycles. The second kappa shape index (κ2) is 6.42. The first-order valence-electron chi connectivity index (χ1n) is 7.58. The summed E-state index contributed by atoms with van der Waals surface area (Å²) in [6.45, 7) is 4.73. The van der Waals surface area contributed by atoms with Crippen molar-refractivity contribution in [2.45, 2.75) is 37.6 Å². The third kappa shape index (κ3) is 3.72. The number of rotatable bonds is 6. The largest absolute Gasteiger partial charge is 0.329 e. The molecule has 0 spiro atoms. The molecule has 2 aromatic rings. The molecule has 0 bridgehead atoms. The Balaban J connectivity index is 2.47. The van der Waals surface area contributed by atoms with Crippen molar-refractivity contribution in [3.05, 3.63) is 71.8 Å². The highest BCUT2D eigenvalue weighted by Gasteiger charge is 2.33. The van der Waals surface area contributed by atoms with Crippen molar-refractivity contribution in [2.24, 2.45) is 11.5 Å². The van der Waals surface area contributed by atoms with Crippen LogP contribution < -0.4 is 11.5 Å². The molecule has 21 heavy (non-hydrogen) atoms. The van der Waals surface area contributed by atoms with Crippen LogP contribution in [0.5, 0.6) is 0 Å². The fourth-order valence-corrected chi connectivity index (χ4v) is 2.84. The van der Waals surface area contributed by atoms with Crippen molar-refractivity contribution in [3.8, 4) is 0 Å². The Labute approximate surface area is 128 Å². The Hall–Kier alpha value is -1.64. The van der Waals surface area contributed by atoms with Crippen LogP contribution in [-0.4, -0.2) is 12.1 Å². The van der Waals surface area contributed by atoms with Gasteiger partial charge >= 0.3 is 0 Å². The number of hydrogen-bond donors (Lipinski definition) is 2. The quantitative estimate of drug-likeness (QED) is 0.852. The highest BCUT2D eigenvalue weighted by atomic mass is 14.7. The predicted octanol–water partition coefficient (Wildman–Crippen LogP) is 3.45. The van der Waals surface area contributed by atoms with Gasteiger partial charge in [0.1, 0.15) is 0 Å². The third-order valence-corrected chi connectivity index (χ3v) is 4.20. The van der Waals surface area contributed by atoms with Gasteiger partial charge in [0, 0.05) is 17.5 Å². The van der Waals surface area contributed by atoms with Crippen molar-refractivity contribution in [1.29, 1.82) is 0 Å².